The monoisotopic (exact) mass is 434 g/mol. The Morgan fingerprint density at radius 3 is 2.20 bits per heavy atom. The number of unbranched alkanes of at least 4 members (excludes halogenated alkanes) is 1. The summed E-state index contributed by atoms with van der Waals surface area (Å²) in [6.07, 6.45) is 1.50. The molecule has 0 radical (unpaired) electrons. The minimum Gasteiger partial charge on any atom is -0.461 e. The molecule has 0 amide bonds. The van der Waals surface area contributed by atoms with Gasteiger partial charge in [0.25, 0.3) is 0 Å². The molecule has 0 unspecified atom stereocenters. The molecule has 2 heterocycles. The number of esters is 1. The number of fused-ring (bicyclic) bond motifs is 1. The molecular weight excluding hydrogens is 404 g/mol. The number of carbonyl (C=O) groups is 1. The third-order valence-electron chi connectivity index (χ3n) is 5.42. The van der Waals surface area contributed by atoms with E-state index in [4.69, 9.17) is 9.72 Å². The van der Waals surface area contributed by atoms with Crippen LogP contribution in [-0.4, -0.2) is 67.2 Å². The molecule has 1 aliphatic rings. The maximum Gasteiger partial charge on any atom is 0.360 e. The maximum atomic E-state index is 12.6. The highest BCUT2D eigenvalue weighted by atomic mass is 32.2. The van der Waals surface area contributed by atoms with Crippen molar-refractivity contribution in [3.05, 3.63) is 29.0 Å². The summed E-state index contributed by atoms with van der Waals surface area (Å²) >= 11 is 0. The van der Waals surface area contributed by atoms with Crippen molar-refractivity contribution in [1.29, 1.82) is 0 Å². The van der Waals surface area contributed by atoms with Crippen LogP contribution in [0.1, 0.15) is 48.3 Å². The number of hydrogen-bond acceptors (Lipinski definition) is 7. The van der Waals surface area contributed by atoms with Crippen LogP contribution in [0.5, 0.6) is 0 Å². The number of hydrogen-bond donors (Lipinski definition) is 0. The number of aryl methyl sites for hydroxylation is 2. The zero-order valence-electron chi connectivity index (χ0n) is 18.1. The standard InChI is InChI=1S/C21H30N4O4S/c1-5-7-12-30(27,28)25-10-8-24(9-11-25)20-19(21(26)29-6-2)22-17-13-15(3)16(4)14-18(17)23-20/h13-14H,5-12H2,1-4H3. The van der Waals surface area contributed by atoms with Crippen molar-refractivity contribution in [2.45, 2.75) is 40.5 Å². The average Bonchev–Trinajstić information content (AvgIpc) is 2.72. The van der Waals surface area contributed by atoms with Crippen LogP contribution in [0.4, 0.5) is 5.82 Å². The van der Waals surface area contributed by atoms with Gasteiger partial charge in [-0.1, -0.05) is 13.3 Å². The fourth-order valence-electron chi connectivity index (χ4n) is 3.49. The number of sulfonamides is 1. The molecule has 0 spiro atoms. The Hall–Kier alpha value is -2.26. The maximum absolute atomic E-state index is 12.6. The Kier molecular flexibility index (Phi) is 6.92. The van der Waals surface area contributed by atoms with Gasteiger partial charge in [-0.15, -0.1) is 0 Å². The van der Waals surface area contributed by atoms with E-state index in [1.807, 2.05) is 37.8 Å². The van der Waals surface area contributed by atoms with E-state index in [0.29, 0.717) is 49.5 Å². The Bertz CT molecular complexity index is 1030. The minimum absolute atomic E-state index is 0.173. The fraction of sp³-hybridized carbons (Fsp3) is 0.571. The molecule has 0 atom stereocenters. The molecule has 0 N–H and O–H groups in total. The Morgan fingerprint density at radius 2 is 1.63 bits per heavy atom. The highest BCUT2D eigenvalue weighted by molar-refractivity contribution is 7.89. The van der Waals surface area contributed by atoms with Crippen LogP contribution < -0.4 is 4.90 Å². The van der Waals surface area contributed by atoms with E-state index < -0.39 is 16.0 Å². The van der Waals surface area contributed by atoms with Gasteiger partial charge in [0.15, 0.2) is 11.5 Å². The average molecular weight is 435 g/mol. The van der Waals surface area contributed by atoms with Crippen molar-refractivity contribution >= 4 is 32.8 Å². The highest BCUT2D eigenvalue weighted by Gasteiger charge is 2.30. The summed E-state index contributed by atoms with van der Waals surface area (Å²) in [4.78, 5) is 23.8. The predicted molar refractivity (Wildman–Crippen MR) is 117 cm³/mol. The number of piperazine rings is 1. The second-order valence-corrected chi connectivity index (χ2v) is 9.69. The third kappa shape index (κ3) is 4.73. The van der Waals surface area contributed by atoms with Gasteiger partial charge < -0.3 is 9.64 Å². The lowest BCUT2D eigenvalue weighted by Crippen LogP contribution is -2.50. The zero-order valence-corrected chi connectivity index (χ0v) is 19.0. The number of carbonyl (C=O) groups excluding carboxylic acids is 1. The van der Waals surface area contributed by atoms with Crippen molar-refractivity contribution < 1.29 is 17.9 Å². The van der Waals surface area contributed by atoms with Crippen molar-refractivity contribution in [1.82, 2.24) is 14.3 Å². The van der Waals surface area contributed by atoms with Crippen LogP contribution in [0.2, 0.25) is 0 Å². The van der Waals surface area contributed by atoms with Gasteiger partial charge in [0.1, 0.15) is 0 Å². The quantitative estimate of drug-likeness (QED) is 0.619. The number of anilines is 1. The summed E-state index contributed by atoms with van der Waals surface area (Å²) in [6, 6.07) is 3.88. The van der Waals surface area contributed by atoms with Crippen LogP contribution in [0, 0.1) is 13.8 Å². The molecule has 3 rings (SSSR count). The first kappa shape index (κ1) is 22.4. The molecule has 1 fully saturated rings. The van der Waals surface area contributed by atoms with Crippen molar-refractivity contribution in [3.8, 4) is 0 Å². The lowest BCUT2D eigenvalue weighted by molar-refractivity contribution is 0.0520. The lowest BCUT2D eigenvalue weighted by Gasteiger charge is -2.35. The Morgan fingerprint density at radius 1 is 1.03 bits per heavy atom. The van der Waals surface area contributed by atoms with Gasteiger partial charge in [-0.05, 0) is 50.5 Å². The van der Waals surface area contributed by atoms with Crippen LogP contribution in [0.3, 0.4) is 0 Å². The molecule has 1 saturated heterocycles. The van der Waals surface area contributed by atoms with Crippen LogP contribution in [0.25, 0.3) is 11.0 Å². The number of aromatic nitrogens is 2. The molecule has 30 heavy (non-hydrogen) atoms. The summed E-state index contributed by atoms with van der Waals surface area (Å²) in [5.41, 5.74) is 3.70. The minimum atomic E-state index is -3.25. The van der Waals surface area contributed by atoms with E-state index in [1.165, 1.54) is 4.31 Å². The molecule has 164 valence electrons. The van der Waals surface area contributed by atoms with E-state index >= 15 is 0 Å². The van der Waals surface area contributed by atoms with Gasteiger partial charge in [0.2, 0.25) is 10.0 Å². The second-order valence-electron chi connectivity index (χ2n) is 7.60. The Labute approximate surface area is 178 Å². The summed E-state index contributed by atoms with van der Waals surface area (Å²) in [6.45, 7) is 9.59. The van der Waals surface area contributed by atoms with Crippen molar-refractivity contribution in [2.24, 2.45) is 0 Å². The van der Waals surface area contributed by atoms with Crippen LogP contribution >= 0.6 is 0 Å². The predicted octanol–water partition coefficient (Wildman–Crippen LogP) is 2.68. The van der Waals surface area contributed by atoms with Gasteiger partial charge in [-0.25, -0.2) is 23.2 Å². The first-order valence-electron chi connectivity index (χ1n) is 10.5. The van der Waals surface area contributed by atoms with Crippen molar-refractivity contribution in [2.75, 3.05) is 43.4 Å². The van der Waals surface area contributed by atoms with Crippen LogP contribution in [-0.2, 0) is 14.8 Å². The lowest BCUT2D eigenvalue weighted by atomic mass is 10.1. The fourth-order valence-corrected chi connectivity index (χ4v) is 5.12. The summed E-state index contributed by atoms with van der Waals surface area (Å²) in [7, 11) is -3.25. The van der Waals surface area contributed by atoms with Gasteiger partial charge in [-0.3, -0.25) is 0 Å². The first-order chi connectivity index (χ1) is 14.3. The molecule has 0 bridgehead atoms. The van der Waals surface area contributed by atoms with Crippen molar-refractivity contribution in [3.63, 3.8) is 0 Å². The summed E-state index contributed by atoms with van der Waals surface area (Å²) in [5.74, 6) is 0.111. The third-order valence-corrected chi connectivity index (χ3v) is 7.37. The van der Waals surface area contributed by atoms with Crippen LogP contribution in [0.15, 0.2) is 12.1 Å². The van der Waals surface area contributed by atoms with E-state index in [0.717, 1.165) is 17.5 Å². The smallest absolute Gasteiger partial charge is 0.360 e. The van der Waals surface area contributed by atoms with Gasteiger partial charge in [-0.2, -0.15) is 4.31 Å². The molecule has 1 aromatic carbocycles. The number of rotatable bonds is 7. The largest absolute Gasteiger partial charge is 0.461 e. The number of ether oxygens (including phenoxy) is 1. The number of nitrogens with zero attached hydrogens (tertiary/aromatic N) is 4. The SMILES string of the molecule is CCCCS(=O)(=O)N1CCN(c2nc3cc(C)c(C)cc3nc2C(=O)OCC)CC1. The van der Waals surface area contributed by atoms with Gasteiger partial charge in [0.05, 0.1) is 23.4 Å². The molecule has 0 saturated carbocycles. The summed E-state index contributed by atoms with van der Waals surface area (Å²) in [5, 5.41) is 0. The van der Waals surface area contributed by atoms with E-state index in [1.54, 1.807) is 6.92 Å². The second kappa shape index (κ2) is 9.26. The molecule has 2 aromatic rings. The van der Waals surface area contributed by atoms with E-state index in [9.17, 15) is 13.2 Å². The molecule has 8 nitrogen and oxygen atoms in total. The molecule has 0 aliphatic carbocycles. The number of benzene rings is 1. The molecule has 1 aliphatic heterocycles. The molecular formula is C21H30N4O4S. The van der Waals surface area contributed by atoms with Gasteiger partial charge in [0, 0.05) is 26.2 Å². The first-order valence-corrected chi connectivity index (χ1v) is 12.1. The highest BCUT2D eigenvalue weighted by Crippen LogP contribution is 2.25. The van der Waals surface area contributed by atoms with E-state index in [-0.39, 0.29) is 18.1 Å². The Balaban J connectivity index is 1.92. The molecule has 9 heteroatoms. The normalized spacial score (nSPS) is 15.5. The topological polar surface area (TPSA) is 92.7 Å². The molecule has 1 aromatic heterocycles. The summed E-state index contributed by atoms with van der Waals surface area (Å²) < 4.78 is 31.7. The zero-order chi connectivity index (χ0) is 21.9. The van der Waals surface area contributed by atoms with E-state index in [2.05, 4.69) is 4.98 Å². The van der Waals surface area contributed by atoms with Gasteiger partial charge >= 0.3 is 5.97 Å².